The lowest BCUT2D eigenvalue weighted by Gasteiger charge is -2.38. The number of rotatable bonds is 3. The van der Waals surface area contributed by atoms with Gasteiger partial charge in [-0.3, -0.25) is 9.69 Å². The SMILES string of the molecule is CN(S)C1=CC(C2CCC(C(=O)OC(C)(C)C)N(C)C2)=CCCc2ccnn21. The van der Waals surface area contributed by atoms with Crippen molar-refractivity contribution < 1.29 is 9.53 Å². The molecule has 0 aliphatic carbocycles. The Bertz CT molecular complexity index is 776. The Morgan fingerprint density at radius 1 is 1.36 bits per heavy atom. The molecule has 7 heteroatoms. The number of ether oxygens (including phenoxy) is 1. The molecule has 3 heterocycles. The molecule has 2 unspecified atom stereocenters. The van der Waals surface area contributed by atoms with Crippen LogP contribution in [0.25, 0.3) is 5.82 Å². The van der Waals surface area contributed by atoms with Gasteiger partial charge in [0.15, 0.2) is 0 Å². The molecule has 0 saturated carbocycles. The third kappa shape index (κ3) is 4.81. The average molecular weight is 405 g/mol. The van der Waals surface area contributed by atoms with Crippen LogP contribution >= 0.6 is 12.8 Å². The minimum absolute atomic E-state index is 0.118. The van der Waals surface area contributed by atoms with Crippen LogP contribution in [0.1, 0.15) is 45.7 Å². The van der Waals surface area contributed by atoms with Crippen LogP contribution in [-0.4, -0.2) is 57.2 Å². The van der Waals surface area contributed by atoms with E-state index in [0.29, 0.717) is 5.92 Å². The number of carbonyl (C=O) groups is 1. The number of hydrogen-bond donors (Lipinski definition) is 1. The van der Waals surface area contributed by atoms with Gasteiger partial charge in [0.05, 0.1) is 0 Å². The van der Waals surface area contributed by atoms with Crippen molar-refractivity contribution in [1.29, 1.82) is 0 Å². The van der Waals surface area contributed by atoms with E-state index in [1.54, 1.807) is 0 Å². The number of fused-ring (bicyclic) bond motifs is 1. The van der Waals surface area contributed by atoms with Gasteiger partial charge in [-0.2, -0.15) is 5.10 Å². The molecule has 0 radical (unpaired) electrons. The van der Waals surface area contributed by atoms with E-state index in [2.05, 4.69) is 41.0 Å². The smallest absolute Gasteiger partial charge is 0.323 e. The molecule has 1 fully saturated rings. The minimum Gasteiger partial charge on any atom is -0.459 e. The Labute approximate surface area is 173 Å². The highest BCUT2D eigenvalue weighted by molar-refractivity contribution is 7.78. The summed E-state index contributed by atoms with van der Waals surface area (Å²) in [4.78, 5) is 14.7. The topological polar surface area (TPSA) is 50.6 Å². The number of aromatic nitrogens is 2. The van der Waals surface area contributed by atoms with Crippen molar-refractivity contribution in [3.05, 3.63) is 35.7 Å². The molecule has 6 nitrogen and oxygen atoms in total. The van der Waals surface area contributed by atoms with Crippen LogP contribution in [0.4, 0.5) is 0 Å². The van der Waals surface area contributed by atoms with Crippen LogP contribution in [0.5, 0.6) is 0 Å². The molecule has 1 aromatic rings. The van der Waals surface area contributed by atoms with Crippen molar-refractivity contribution in [3.63, 3.8) is 0 Å². The molecular weight excluding hydrogens is 372 g/mol. The Morgan fingerprint density at radius 3 is 2.75 bits per heavy atom. The highest BCUT2D eigenvalue weighted by Gasteiger charge is 2.34. The van der Waals surface area contributed by atoms with Gasteiger partial charge in [-0.05, 0) is 77.1 Å². The van der Waals surface area contributed by atoms with Crippen LogP contribution in [0.2, 0.25) is 0 Å². The summed E-state index contributed by atoms with van der Waals surface area (Å²) in [5.41, 5.74) is 2.03. The molecule has 2 aliphatic heterocycles. The number of allylic oxidation sites excluding steroid dienone is 2. The van der Waals surface area contributed by atoms with E-state index < -0.39 is 5.60 Å². The molecule has 28 heavy (non-hydrogen) atoms. The molecule has 2 atom stereocenters. The van der Waals surface area contributed by atoms with Crippen molar-refractivity contribution in [3.8, 4) is 0 Å². The van der Waals surface area contributed by atoms with Crippen LogP contribution < -0.4 is 0 Å². The normalized spacial score (nSPS) is 23.8. The van der Waals surface area contributed by atoms with Crippen molar-refractivity contribution >= 4 is 24.6 Å². The summed E-state index contributed by atoms with van der Waals surface area (Å²) in [6.45, 7) is 6.58. The maximum Gasteiger partial charge on any atom is 0.323 e. The summed E-state index contributed by atoms with van der Waals surface area (Å²) < 4.78 is 9.39. The first-order valence-electron chi connectivity index (χ1n) is 9.96. The van der Waals surface area contributed by atoms with Crippen LogP contribution in [-0.2, 0) is 16.0 Å². The minimum atomic E-state index is -0.451. The lowest BCUT2D eigenvalue weighted by Crippen LogP contribution is -2.47. The van der Waals surface area contributed by atoms with Gasteiger partial charge in [0, 0.05) is 25.5 Å². The first kappa shape index (κ1) is 21.0. The van der Waals surface area contributed by atoms with E-state index in [-0.39, 0.29) is 12.0 Å². The number of carbonyl (C=O) groups excluding carboxylic acids is 1. The highest BCUT2D eigenvalue weighted by Crippen LogP contribution is 2.32. The lowest BCUT2D eigenvalue weighted by molar-refractivity contribution is -0.162. The molecule has 0 bridgehead atoms. The van der Waals surface area contributed by atoms with Gasteiger partial charge in [-0.1, -0.05) is 18.9 Å². The molecule has 2 aliphatic rings. The first-order valence-corrected chi connectivity index (χ1v) is 10.4. The second kappa shape index (κ2) is 8.33. The van der Waals surface area contributed by atoms with Crippen molar-refractivity contribution in [2.45, 2.75) is 58.1 Å². The second-order valence-electron chi connectivity index (χ2n) is 8.77. The number of aryl methyl sites for hydroxylation is 1. The summed E-state index contributed by atoms with van der Waals surface area (Å²) in [5.74, 6) is 1.21. The molecule has 154 valence electrons. The highest BCUT2D eigenvalue weighted by atomic mass is 32.1. The Morgan fingerprint density at radius 2 is 2.11 bits per heavy atom. The van der Waals surface area contributed by atoms with E-state index in [1.165, 1.54) is 11.3 Å². The molecule has 1 saturated heterocycles. The van der Waals surface area contributed by atoms with Gasteiger partial charge in [0.2, 0.25) is 0 Å². The van der Waals surface area contributed by atoms with Gasteiger partial charge in [0.25, 0.3) is 0 Å². The molecule has 1 aromatic heterocycles. The number of likely N-dealkylation sites (tertiary alicyclic amines) is 1. The number of piperidine rings is 1. The van der Waals surface area contributed by atoms with Crippen LogP contribution in [0.15, 0.2) is 30.0 Å². The van der Waals surface area contributed by atoms with Gasteiger partial charge in [-0.25, -0.2) is 4.68 Å². The zero-order valence-corrected chi connectivity index (χ0v) is 18.4. The molecule has 0 spiro atoms. The fourth-order valence-electron chi connectivity index (χ4n) is 3.98. The predicted molar refractivity (Wildman–Crippen MR) is 115 cm³/mol. The Hall–Kier alpha value is -1.73. The zero-order chi connectivity index (χ0) is 20.5. The molecule has 0 N–H and O–H groups in total. The fraction of sp³-hybridized carbons (Fsp3) is 0.619. The fourth-order valence-corrected chi connectivity index (χ4v) is 4.12. The zero-order valence-electron chi connectivity index (χ0n) is 17.6. The number of nitrogens with zero attached hydrogens (tertiary/aromatic N) is 4. The summed E-state index contributed by atoms with van der Waals surface area (Å²) in [7, 11) is 3.94. The number of hydrogen-bond acceptors (Lipinski definition) is 6. The van der Waals surface area contributed by atoms with Gasteiger partial charge in [0.1, 0.15) is 17.5 Å². The van der Waals surface area contributed by atoms with Crippen molar-refractivity contribution in [1.82, 2.24) is 19.0 Å². The van der Waals surface area contributed by atoms with Gasteiger partial charge in [-0.15, -0.1) is 0 Å². The largest absolute Gasteiger partial charge is 0.459 e. The average Bonchev–Trinajstić information content (AvgIpc) is 3.00. The second-order valence-corrected chi connectivity index (χ2v) is 9.37. The van der Waals surface area contributed by atoms with E-state index in [9.17, 15) is 4.79 Å². The van der Waals surface area contributed by atoms with Crippen LogP contribution in [0, 0.1) is 5.92 Å². The standard InChI is InChI=1S/C21H32N4O2S/c1-21(2,3)27-20(26)18-10-9-16(14-23(18)4)15-7-6-8-17-11-12-22-25(17)19(13-15)24(5)28/h7,11-13,16,18,28H,6,8-10,14H2,1-5H3. The van der Waals surface area contributed by atoms with Crippen molar-refractivity contribution in [2.24, 2.45) is 5.92 Å². The maximum absolute atomic E-state index is 12.5. The molecule has 0 aromatic carbocycles. The van der Waals surface area contributed by atoms with Gasteiger partial charge < -0.3 is 9.04 Å². The number of likely N-dealkylation sites (N-methyl/N-ethyl adjacent to an activating group) is 1. The predicted octanol–water partition coefficient (Wildman–Crippen LogP) is 3.38. The number of esters is 1. The van der Waals surface area contributed by atoms with E-state index >= 15 is 0 Å². The monoisotopic (exact) mass is 404 g/mol. The maximum atomic E-state index is 12.5. The Kier molecular flexibility index (Phi) is 6.25. The first-order chi connectivity index (χ1) is 13.2. The summed E-state index contributed by atoms with van der Waals surface area (Å²) in [6.07, 6.45) is 10.1. The lowest BCUT2D eigenvalue weighted by atomic mass is 9.86. The van der Waals surface area contributed by atoms with E-state index in [1.807, 2.05) is 50.1 Å². The molecular formula is C21H32N4O2S. The van der Waals surface area contributed by atoms with Crippen molar-refractivity contribution in [2.75, 3.05) is 20.6 Å². The van der Waals surface area contributed by atoms with Gasteiger partial charge >= 0.3 is 5.97 Å². The summed E-state index contributed by atoms with van der Waals surface area (Å²) in [6, 6.07) is 1.89. The third-order valence-electron chi connectivity index (χ3n) is 5.33. The molecule has 3 rings (SSSR count). The Balaban J connectivity index is 1.77. The summed E-state index contributed by atoms with van der Waals surface area (Å²) in [5, 5.41) is 4.48. The third-order valence-corrected chi connectivity index (χ3v) is 5.53. The summed E-state index contributed by atoms with van der Waals surface area (Å²) >= 11 is 4.53. The van der Waals surface area contributed by atoms with E-state index in [4.69, 9.17) is 4.74 Å². The van der Waals surface area contributed by atoms with Crippen LogP contribution in [0.3, 0.4) is 0 Å². The molecule has 0 amide bonds. The number of thiol groups is 1. The quantitative estimate of drug-likeness (QED) is 0.618. The van der Waals surface area contributed by atoms with E-state index in [0.717, 1.165) is 38.0 Å².